The molecule has 8 heteroatoms. The van der Waals surface area contributed by atoms with E-state index in [1.165, 1.54) is 17.4 Å². The lowest BCUT2D eigenvalue weighted by molar-refractivity contribution is -0.389. The lowest BCUT2D eigenvalue weighted by Crippen LogP contribution is -2.45. The summed E-state index contributed by atoms with van der Waals surface area (Å²) in [4.78, 5) is 26.1. The number of imidazole rings is 1. The maximum absolute atomic E-state index is 11.1. The Kier molecular flexibility index (Phi) is 5.06. The van der Waals surface area contributed by atoms with Gasteiger partial charge < -0.3 is 24.7 Å². The van der Waals surface area contributed by atoms with Crippen LogP contribution in [0.25, 0.3) is 0 Å². The second-order valence-electron chi connectivity index (χ2n) is 5.54. The van der Waals surface area contributed by atoms with Crippen molar-refractivity contribution in [3.8, 4) is 0 Å². The Hall–Kier alpha value is -2.12. The van der Waals surface area contributed by atoms with Gasteiger partial charge in [0.1, 0.15) is 6.20 Å². The smallest absolute Gasteiger partial charge is 0.407 e. The van der Waals surface area contributed by atoms with Crippen molar-refractivity contribution in [3.63, 3.8) is 0 Å². The number of carboxylic acid groups (broad SMARTS) is 1. The number of nitrogens with zero attached hydrogens (tertiary/aromatic N) is 4. The first-order chi connectivity index (χ1) is 9.21. The first-order valence-corrected chi connectivity index (χ1v) is 6.38. The first-order valence-electron chi connectivity index (χ1n) is 6.38. The predicted octanol–water partition coefficient (Wildman–Crippen LogP) is 2.35. The monoisotopic (exact) mass is 284 g/mol. The van der Waals surface area contributed by atoms with E-state index >= 15 is 0 Å². The minimum atomic E-state index is -0.934. The molecule has 0 unspecified atom stereocenters. The van der Waals surface area contributed by atoms with Gasteiger partial charge in [-0.1, -0.05) is 0 Å². The van der Waals surface area contributed by atoms with Crippen LogP contribution in [0.3, 0.4) is 0 Å². The Morgan fingerprint density at radius 2 is 2.15 bits per heavy atom. The van der Waals surface area contributed by atoms with Gasteiger partial charge in [-0.3, -0.25) is 0 Å². The van der Waals surface area contributed by atoms with Crippen LogP contribution in [0.1, 0.15) is 33.6 Å². The summed E-state index contributed by atoms with van der Waals surface area (Å²) < 4.78 is 1.64. The average Bonchev–Trinajstić information content (AvgIpc) is 2.75. The molecule has 1 aromatic rings. The summed E-state index contributed by atoms with van der Waals surface area (Å²) in [6.07, 6.45) is 3.27. The van der Waals surface area contributed by atoms with E-state index in [9.17, 15) is 14.9 Å². The van der Waals surface area contributed by atoms with Gasteiger partial charge in [0.15, 0.2) is 0 Å². The van der Waals surface area contributed by atoms with Crippen molar-refractivity contribution in [2.45, 2.75) is 45.7 Å². The van der Waals surface area contributed by atoms with E-state index in [4.69, 9.17) is 5.11 Å². The summed E-state index contributed by atoms with van der Waals surface area (Å²) in [5.41, 5.74) is -0.431. The second kappa shape index (κ2) is 6.36. The van der Waals surface area contributed by atoms with Crippen LogP contribution in [0.4, 0.5) is 10.6 Å². The van der Waals surface area contributed by atoms with E-state index < -0.39 is 16.6 Å². The normalized spacial score (nSPS) is 11.3. The fourth-order valence-electron chi connectivity index (χ4n) is 1.85. The molecule has 0 fully saturated rings. The van der Waals surface area contributed by atoms with Gasteiger partial charge in [0.05, 0.1) is 0 Å². The summed E-state index contributed by atoms with van der Waals surface area (Å²) in [5.74, 6) is -0.174. The number of rotatable bonds is 6. The van der Waals surface area contributed by atoms with Gasteiger partial charge in [0.2, 0.25) is 6.33 Å². The molecule has 0 aliphatic heterocycles. The lowest BCUT2D eigenvalue weighted by Gasteiger charge is -2.33. The molecule has 1 N–H and O–H groups in total. The molecule has 0 atom stereocenters. The van der Waals surface area contributed by atoms with Crippen molar-refractivity contribution >= 4 is 11.9 Å². The van der Waals surface area contributed by atoms with Gasteiger partial charge in [-0.05, 0) is 43.5 Å². The van der Waals surface area contributed by atoms with Gasteiger partial charge in [0, 0.05) is 18.6 Å². The highest BCUT2D eigenvalue weighted by Crippen LogP contribution is 2.15. The Morgan fingerprint density at radius 1 is 1.50 bits per heavy atom. The van der Waals surface area contributed by atoms with Gasteiger partial charge in [0.25, 0.3) is 0 Å². The molecule has 1 rings (SSSR count). The van der Waals surface area contributed by atoms with Crippen molar-refractivity contribution in [2.24, 2.45) is 0 Å². The van der Waals surface area contributed by atoms with E-state index in [0.717, 1.165) is 6.42 Å². The highest BCUT2D eigenvalue weighted by atomic mass is 16.6. The number of carbonyl (C=O) groups is 1. The number of aryl methyl sites for hydroxylation is 1. The summed E-state index contributed by atoms with van der Waals surface area (Å²) in [6, 6.07) is 0. The van der Waals surface area contributed by atoms with Crippen molar-refractivity contribution in [1.29, 1.82) is 0 Å². The van der Waals surface area contributed by atoms with E-state index in [0.29, 0.717) is 19.5 Å². The zero-order valence-electron chi connectivity index (χ0n) is 11.9. The maximum Gasteiger partial charge on any atom is 0.407 e. The molecule has 0 bridgehead atoms. The summed E-state index contributed by atoms with van der Waals surface area (Å²) >= 11 is 0. The topological polar surface area (TPSA) is 102 Å². The molecule has 0 aromatic carbocycles. The fourth-order valence-corrected chi connectivity index (χ4v) is 1.85. The minimum absolute atomic E-state index is 0.174. The van der Waals surface area contributed by atoms with Crippen molar-refractivity contribution in [2.75, 3.05) is 6.54 Å². The first kappa shape index (κ1) is 15.9. The highest BCUT2D eigenvalue weighted by molar-refractivity contribution is 5.65. The van der Waals surface area contributed by atoms with E-state index in [1.54, 1.807) is 4.57 Å². The quantitative estimate of drug-likeness (QED) is 0.491. The van der Waals surface area contributed by atoms with Crippen LogP contribution in [0.2, 0.25) is 0 Å². The molecule has 1 amide bonds. The average molecular weight is 284 g/mol. The zero-order chi connectivity index (χ0) is 15.3. The molecular formula is C12H20N4O4. The number of hydrogen-bond acceptors (Lipinski definition) is 4. The number of aromatic nitrogens is 2. The third-order valence-corrected chi connectivity index (χ3v) is 2.90. The van der Waals surface area contributed by atoms with Crippen LogP contribution in [-0.2, 0) is 6.54 Å². The van der Waals surface area contributed by atoms with Crippen molar-refractivity contribution in [1.82, 2.24) is 14.5 Å². The van der Waals surface area contributed by atoms with Crippen LogP contribution in [0, 0.1) is 10.1 Å². The SMILES string of the molecule is CC(C)(C)N(CCCCn1cnc([N+](=O)[O-])c1)C(=O)O. The largest absolute Gasteiger partial charge is 0.465 e. The van der Waals surface area contributed by atoms with Gasteiger partial charge >= 0.3 is 11.9 Å². The van der Waals surface area contributed by atoms with Gasteiger partial charge in [-0.15, -0.1) is 0 Å². The van der Waals surface area contributed by atoms with E-state index in [1.807, 2.05) is 20.8 Å². The van der Waals surface area contributed by atoms with E-state index in [-0.39, 0.29) is 5.82 Å². The molecule has 0 spiro atoms. The third kappa shape index (κ3) is 4.52. The standard InChI is InChI=1S/C12H20N4O4/c1-12(2,3)15(11(17)18)7-5-4-6-14-8-10(13-9-14)16(19)20/h8-9H,4-7H2,1-3H3,(H,17,18). The molecule has 0 saturated carbocycles. The molecule has 8 nitrogen and oxygen atoms in total. The van der Waals surface area contributed by atoms with E-state index in [2.05, 4.69) is 4.98 Å². The number of unbranched alkanes of at least 4 members (excludes halogenated alkanes) is 1. The highest BCUT2D eigenvalue weighted by Gasteiger charge is 2.25. The number of hydrogen-bond donors (Lipinski definition) is 1. The summed E-state index contributed by atoms with van der Waals surface area (Å²) in [5, 5.41) is 19.6. The Morgan fingerprint density at radius 3 is 2.60 bits per heavy atom. The van der Waals surface area contributed by atoms with Crippen molar-refractivity contribution in [3.05, 3.63) is 22.6 Å². The minimum Gasteiger partial charge on any atom is -0.465 e. The molecule has 0 aliphatic carbocycles. The molecule has 1 heterocycles. The maximum atomic E-state index is 11.1. The Labute approximate surface area is 117 Å². The van der Waals surface area contributed by atoms with Crippen molar-refractivity contribution < 1.29 is 14.8 Å². The Balaban J connectivity index is 2.40. The van der Waals surface area contributed by atoms with Crippen LogP contribution in [-0.4, -0.2) is 42.7 Å². The fraction of sp³-hybridized carbons (Fsp3) is 0.667. The number of nitro groups is 1. The third-order valence-electron chi connectivity index (χ3n) is 2.90. The lowest BCUT2D eigenvalue weighted by atomic mass is 10.1. The molecule has 0 saturated heterocycles. The predicted molar refractivity (Wildman–Crippen MR) is 72.6 cm³/mol. The van der Waals surface area contributed by atoms with Gasteiger partial charge in [-0.25, -0.2) is 4.79 Å². The molecule has 0 radical (unpaired) electrons. The Bertz CT molecular complexity index is 478. The van der Waals surface area contributed by atoms with Crippen LogP contribution >= 0.6 is 0 Å². The van der Waals surface area contributed by atoms with Gasteiger partial charge in [-0.2, -0.15) is 0 Å². The van der Waals surface area contributed by atoms with Crippen LogP contribution < -0.4 is 0 Å². The molecule has 1 aromatic heterocycles. The molecular weight excluding hydrogens is 264 g/mol. The zero-order valence-corrected chi connectivity index (χ0v) is 11.9. The summed E-state index contributed by atoms with van der Waals surface area (Å²) in [6.45, 7) is 6.56. The number of amides is 1. The summed E-state index contributed by atoms with van der Waals surface area (Å²) in [7, 11) is 0. The molecule has 0 aliphatic rings. The molecule has 20 heavy (non-hydrogen) atoms. The molecule has 112 valence electrons. The second-order valence-corrected chi connectivity index (χ2v) is 5.54. The van der Waals surface area contributed by atoms with Crippen LogP contribution in [0.5, 0.6) is 0 Å². The van der Waals surface area contributed by atoms with Crippen LogP contribution in [0.15, 0.2) is 12.5 Å².